The molecule has 6 heteroatoms. The predicted molar refractivity (Wildman–Crippen MR) is 79.9 cm³/mol. The third-order valence-corrected chi connectivity index (χ3v) is 3.57. The summed E-state index contributed by atoms with van der Waals surface area (Å²) >= 11 is 1.33. The summed E-state index contributed by atoms with van der Waals surface area (Å²) in [4.78, 5) is 13.5. The van der Waals surface area contributed by atoms with Crippen molar-refractivity contribution in [3.63, 3.8) is 0 Å². The molecule has 1 heterocycles. The molecule has 0 unspecified atom stereocenters. The summed E-state index contributed by atoms with van der Waals surface area (Å²) in [7, 11) is -1.61. The molecular weight excluding hydrogens is 261 g/mol. The second kappa shape index (κ2) is 6.07. The molecule has 0 saturated carbocycles. The summed E-state index contributed by atoms with van der Waals surface area (Å²) in [6.07, 6.45) is 0.827. The van der Waals surface area contributed by atoms with Gasteiger partial charge in [-0.2, -0.15) is 0 Å². The van der Waals surface area contributed by atoms with Gasteiger partial charge in [0.05, 0.1) is 4.88 Å². The summed E-state index contributed by atoms with van der Waals surface area (Å²) in [5.41, 5.74) is -0.0563. The first-order valence-corrected chi connectivity index (χ1v) is 7.23. The van der Waals surface area contributed by atoms with Crippen molar-refractivity contribution in [2.24, 2.45) is 5.92 Å². The number of hydrogen-bond donors (Lipinski definition) is 3. The van der Waals surface area contributed by atoms with Crippen molar-refractivity contribution in [2.75, 3.05) is 0 Å². The van der Waals surface area contributed by atoms with Gasteiger partial charge in [-0.1, -0.05) is 13.8 Å². The summed E-state index contributed by atoms with van der Waals surface area (Å²) in [6, 6.07) is 1.72. The van der Waals surface area contributed by atoms with Crippen LogP contribution in [0.3, 0.4) is 0 Å². The molecule has 3 N–H and O–H groups in total. The lowest BCUT2D eigenvalue weighted by Crippen LogP contribution is -2.43. The molecule has 0 aromatic carbocycles. The molecule has 0 fully saturated rings. The molecule has 4 nitrogen and oxygen atoms in total. The van der Waals surface area contributed by atoms with Crippen LogP contribution in [0.1, 0.15) is 49.2 Å². The molecule has 0 atom stereocenters. The van der Waals surface area contributed by atoms with Gasteiger partial charge in [0.25, 0.3) is 5.91 Å². The fraction of sp³-hybridized carbons (Fsp3) is 0.615. The Bertz CT molecular complexity index is 449. The van der Waals surface area contributed by atoms with Crippen LogP contribution in [0.15, 0.2) is 6.07 Å². The molecule has 0 aliphatic carbocycles. The van der Waals surface area contributed by atoms with Crippen LogP contribution < -0.4 is 10.8 Å². The molecule has 1 rings (SSSR count). The summed E-state index contributed by atoms with van der Waals surface area (Å²) in [5.74, 6) is 0.205. The second-order valence-corrected chi connectivity index (χ2v) is 7.31. The average Bonchev–Trinajstić information content (AvgIpc) is 2.57. The van der Waals surface area contributed by atoms with E-state index < -0.39 is 7.12 Å². The Morgan fingerprint density at radius 1 is 1.42 bits per heavy atom. The van der Waals surface area contributed by atoms with Crippen LogP contribution in [0.2, 0.25) is 0 Å². The largest absolute Gasteiger partial charge is 0.490 e. The lowest BCUT2D eigenvalue weighted by molar-refractivity contribution is 0.0924. The van der Waals surface area contributed by atoms with E-state index in [9.17, 15) is 14.8 Å². The van der Waals surface area contributed by atoms with E-state index in [1.807, 2.05) is 20.8 Å². The minimum Gasteiger partial charge on any atom is -0.423 e. The highest BCUT2D eigenvalue weighted by atomic mass is 32.1. The van der Waals surface area contributed by atoms with Gasteiger partial charge in [0, 0.05) is 15.9 Å². The number of carbonyl (C=O) groups is 1. The molecule has 0 saturated heterocycles. The first-order valence-electron chi connectivity index (χ1n) is 6.41. The molecule has 1 amide bonds. The molecule has 19 heavy (non-hydrogen) atoms. The third kappa shape index (κ3) is 4.97. The number of hydrogen-bond acceptors (Lipinski definition) is 4. The first kappa shape index (κ1) is 16.2. The summed E-state index contributed by atoms with van der Waals surface area (Å²) in [5, 5.41) is 21.6. The quantitative estimate of drug-likeness (QED) is 0.726. The van der Waals surface area contributed by atoms with E-state index in [0.717, 1.165) is 11.3 Å². The van der Waals surface area contributed by atoms with Crippen LogP contribution >= 0.6 is 11.3 Å². The van der Waals surface area contributed by atoms with Gasteiger partial charge in [0.1, 0.15) is 0 Å². The zero-order valence-corrected chi connectivity index (χ0v) is 13.0. The van der Waals surface area contributed by atoms with Crippen LogP contribution in [-0.2, 0) is 6.42 Å². The fourth-order valence-corrected chi connectivity index (χ4v) is 3.02. The van der Waals surface area contributed by atoms with Gasteiger partial charge in [0.2, 0.25) is 0 Å². The Balaban J connectivity index is 3.04. The molecule has 0 aliphatic rings. The minimum atomic E-state index is -1.61. The van der Waals surface area contributed by atoms with E-state index in [4.69, 9.17) is 0 Å². The van der Waals surface area contributed by atoms with Crippen LogP contribution in [0, 0.1) is 5.92 Å². The van der Waals surface area contributed by atoms with Gasteiger partial charge in [0.15, 0.2) is 0 Å². The van der Waals surface area contributed by atoms with Crippen LogP contribution in [0.4, 0.5) is 0 Å². The molecule has 1 aromatic rings. The van der Waals surface area contributed by atoms with E-state index in [-0.39, 0.29) is 11.4 Å². The highest BCUT2D eigenvalue weighted by Crippen LogP contribution is 2.19. The van der Waals surface area contributed by atoms with E-state index in [0.29, 0.717) is 16.3 Å². The third-order valence-electron chi connectivity index (χ3n) is 2.39. The van der Waals surface area contributed by atoms with Crippen molar-refractivity contribution in [3.8, 4) is 0 Å². The van der Waals surface area contributed by atoms with Gasteiger partial charge in [-0.05, 0) is 39.2 Å². The van der Waals surface area contributed by atoms with Crippen molar-refractivity contribution < 1.29 is 14.8 Å². The Labute approximate surface area is 119 Å². The lowest BCUT2D eigenvalue weighted by atomic mass is 9.80. The smallest absolute Gasteiger partial charge is 0.423 e. The Morgan fingerprint density at radius 2 is 2.00 bits per heavy atom. The lowest BCUT2D eigenvalue weighted by Gasteiger charge is -2.20. The maximum absolute atomic E-state index is 12.2. The Hall–Kier alpha value is -0.845. The van der Waals surface area contributed by atoms with Crippen molar-refractivity contribution in [2.45, 2.75) is 46.6 Å². The van der Waals surface area contributed by atoms with E-state index >= 15 is 0 Å². The standard InChI is InChI=1S/C13H22BNO3S/c1-8(2)6-9-7-10(14(17)18)11(19-9)12(16)15-13(3,4)5/h7-8,17-18H,6H2,1-5H3,(H,15,16). The Kier molecular flexibility index (Phi) is 5.18. The van der Waals surface area contributed by atoms with Gasteiger partial charge in [-0.25, -0.2) is 0 Å². The van der Waals surface area contributed by atoms with Crippen molar-refractivity contribution in [3.05, 3.63) is 15.8 Å². The van der Waals surface area contributed by atoms with Crippen molar-refractivity contribution in [1.82, 2.24) is 5.32 Å². The maximum Gasteiger partial charge on any atom is 0.490 e. The number of amides is 1. The van der Waals surface area contributed by atoms with Gasteiger partial charge >= 0.3 is 7.12 Å². The SMILES string of the molecule is CC(C)Cc1cc(B(O)O)c(C(=O)NC(C)(C)C)s1. The zero-order chi connectivity index (χ0) is 14.8. The number of thiophene rings is 1. The fourth-order valence-electron chi connectivity index (χ4n) is 1.73. The Morgan fingerprint density at radius 3 is 2.42 bits per heavy atom. The average molecular weight is 283 g/mol. The van der Waals surface area contributed by atoms with Crippen LogP contribution in [-0.4, -0.2) is 28.6 Å². The number of carbonyl (C=O) groups excluding carboxylic acids is 1. The maximum atomic E-state index is 12.2. The predicted octanol–water partition coefficient (Wildman–Crippen LogP) is 1.15. The first-order chi connectivity index (χ1) is 8.60. The van der Waals surface area contributed by atoms with Crippen molar-refractivity contribution in [1.29, 1.82) is 0 Å². The highest BCUT2D eigenvalue weighted by molar-refractivity contribution is 7.15. The van der Waals surface area contributed by atoms with Crippen LogP contribution in [0.5, 0.6) is 0 Å². The number of rotatable bonds is 4. The van der Waals surface area contributed by atoms with Gasteiger partial charge in [-0.3, -0.25) is 4.79 Å². The van der Waals surface area contributed by atoms with Gasteiger partial charge < -0.3 is 15.4 Å². The number of nitrogens with one attached hydrogen (secondary N) is 1. The topological polar surface area (TPSA) is 69.6 Å². The molecule has 0 aliphatic heterocycles. The molecule has 0 radical (unpaired) electrons. The van der Waals surface area contributed by atoms with E-state index in [1.165, 1.54) is 11.3 Å². The normalized spacial score (nSPS) is 11.8. The highest BCUT2D eigenvalue weighted by Gasteiger charge is 2.26. The van der Waals surface area contributed by atoms with Crippen LogP contribution in [0.25, 0.3) is 0 Å². The molecule has 106 valence electrons. The molecule has 0 bridgehead atoms. The van der Waals surface area contributed by atoms with E-state index in [2.05, 4.69) is 19.2 Å². The minimum absolute atomic E-state index is 0.254. The summed E-state index contributed by atoms with van der Waals surface area (Å²) < 4.78 is 0. The van der Waals surface area contributed by atoms with Crippen molar-refractivity contribution >= 4 is 29.8 Å². The van der Waals surface area contributed by atoms with E-state index in [1.54, 1.807) is 6.07 Å². The molecule has 0 spiro atoms. The monoisotopic (exact) mass is 283 g/mol. The zero-order valence-electron chi connectivity index (χ0n) is 12.2. The molecular formula is C13H22BNO3S. The van der Waals surface area contributed by atoms with Gasteiger partial charge in [-0.15, -0.1) is 11.3 Å². The summed E-state index contributed by atoms with van der Waals surface area (Å²) in [6.45, 7) is 9.85. The second-order valence-electron chi connectivity index (χ2n) is 6.17. The molecule has 1 aromatic heterocycles.